The first-order valence-electron chi connectivity index (χ1n) is 13.0. The first kappa shape index (κ1) is 25.6. The third-order valence-electron chi connectivity index (χ3n) is 7.85. The zero-order valence-electron chi connectivity index (χ0n) is 21.9. The second-order valence-electron chi connectivity index (χ2n) is 11.2. The van der Waals surface area contributed by atoms with Crippen LogP contribution in [0.1, 0.15) is 67.1 Å². The van der Waals surface area contributed by atoms with Crippen LogP contribution in [-0.2, 0) is 16.0 Å². The molecule has 0 amide bonds. The molecule has 38 heavy (non-hydrogen) atoms. The number of aromatic nitrogens is 1. The number of ether oxygens (including phenoxy) is 1. The van der Waals surface area contributed by atoms with E-state index in [0.29, 0.717) is 22.7 Å². The normalized spacial score (nSPS) is 19.6. The van der Waals surface area contributed by atoms with E-state index in [1.54, 1.807) is 6.07 Å². The van der Waals surface area contributed by atoms with Gasteiger partial charge in [-0.1, -0.05) is 50.6 Å². The summed E-state index contributed by atoms with van der Waals surface area (Å²) in [7, 11) is 1.40. The van der Waals surface area contributed by atoms with Crippen LogP contribution in [0.2, 0.25) is 0 Å². The maximum atomic E-state index is 12.5. The first-order valence-corrected chi connectivity index (χ1v) is 13.0. The third kappa shape index (κ3) is 4.93. The van der Waals surface area contributed by atoms with E-state index >= 15 is 0 Å². The fourth-order valence-corrected chi connectivity index (χ4v) is 5.67. The molecule has 2 aliphatic carbocycles. The zero-order valence-corrected chi connectivity index (χ0v) is 21.9. The number of nitrogens with one attached hydrogen (secondary N) is 1. The molecule has 2 fully saturated rings. The van der Waals surface area contributed by atoms with Crippen molar-refractivity contribution >= 4 is 23.2 Å². The molecule has 1 aromatic heterocycles. The van der Waals surface area contributed by atoms with Crippen molar-refractivity contribution in [3.8, 4) is 17.0 Å². The molecule has 0 spiro atoms. The van der Waals surface area contributed by atoms with Crippen LogP contribution in [0.15, 0.2) is 60.7 Å². The van der Waals surface area contributed by atoms with E-state index in [4.69, 9.17) is 9.72 Å². The lowest BCUT2D eigenvalue weighted by atomic mass is 9.70. The zero-order chi connectivity index (χ0) is 27.1. The Labute approximate surface area is 222 Å². The number of pyridine rings is 1. The van der Waals surface area contributed by atoms with Gasteiger partial charge in [-0.25, -0.2) is 4.79 Å². The number of hydrogen-bond donors (Lipinski definition) is 2. The van der Waals surface area contributed by atoms with Gasteiger partial charge in [0.1, 0.15) is 5.75 Å². The van der Waals surface area contributed by atoms with Crippen molar-refractivity contribution in [1.29, 1.82) is 0 Å². The molecule has 0 bridgehead atoms. The number of benzene rings is 2. The number of methoxy groups -OCH3 is 1. The summed E-state index contributed by atoms with van der Waals surface area (Å²) in [5.74, 6) is -1.35. The lowest BCUT2D eigenvalue weighted by molar-refractivity contribution is -0.122. The summed E-state index contributed by atoms with van der Waals surface area (Å²) in [5.41, 5.74) is 3.07. The monoisotopic (exact) mass is 512 g/mol. The molecule has 1 atom stereocenters. The highest BCUT2D eigenvalue weighted by atomic mass is 16.5. The summed E-state index contributed by atoms with van der Waals surface area (Å²) in [6.07, 6.45) is 5.03. The number of nitrogens with zero attached hydrogens (tertiary/aromatic N) is 1. The Morgan fingerprint density at radius 2 is 1.82 bits per heavy atom. The van der Waals surface area contributed by atoms with E-state index in [1.807, 2.05) is 12.1 Å². The van der Waals surface area contributed by atoms with Gasteiger partial charge < -0.3 is 15.2 Å². The Morgan fingerprint density at radius 1 is 1.08 bits per heavy atom. The van der Waals surface area contributed by atoms with Crippen molar-refractivity contribution in [2.75, 3.05) is 12.4 Å². The van der Waals surface area contributed by atoms with Crippen molar-refractivity contribution in [2.45, 2.75) is 57.4 Å². The summed E-state index contributed by atoms with van der Waals surface area (Å²) < 4.78 is 5.31. The fourth-order valence-electron chi connectivity index (χ4n) is 5.67. The lowest BCUT2D eigenvalue weighted by Crippen LogP contribution is -2.30. The SMILES string of the molecule is COc1cc(C(=O)O)ccc1NC1(Cc2cccc(-c3ccc(C4CCCC(C)(C)C4)cc3)n2)C(=O)C1=O. The van der Waals surface area contributed by atoms with Gasteiger partial charge in [0, 0.05) is 17.7 Å². The van der Waals surface area contributed by atoms with Crippen LogP contribution < -0.4 is 10.1 Å². The van der Waals surface area contributed by atoms with Crippen LogP contribution in [0.25, 0.3) is 11.3 Å². The molecule has 2 aromatic carbocycles. The molecule has 5 rings (SSSR count). The molecule has 196 valence electrons. The molecule has 0 aliphatic heterocycles. The van der Waals surface area contributed by atoms with Gasteiger partial charge in [-0.3, -0.25) is 14.6 Å². The van der Waals surface area contributed by atoms with Crippen LogP contribution in [0.5, 0.6) is 5.75 Å². The number of carboxylic acids is 1. The van der Waals surface area contributed by atoms with E-state index in [1.165, 1.54) is 56.6 Å². The molecule has 0 radical (unpaired) electrons. The van der Waals surface area contributed by atoms with Crippen molar-refractivity contribution in [2.24, 2.45) is 5.41 Å². The van der Waals surface area contributed by atoms with Gasteiger partial charge in [0.2, 0.25) is 11.6 Å². The van der Waals surface area contributed by atoms with E-state index < -0.39 is 23.1 Å². The van der Waals surface area contributed by atoms with Crippen LogP contribution >= 0.6 is 0 Å². The molecule has 1 unspecified atom stereocenters. The van der Waals surface area contributed by atoms with Crippen LogP contribution in [-0.4, -0.2) is 40.3 Å². The number of aromatic carboxylic acids is 1. The van der Waals surface area contributed by atoms with Crippen molar-refractivity contribution in [3.63, 3.8) is 0 Å². The Hall–Kier alpha value is -4.00. The number of carbonyl (C=O) groups is 3. The van der Waals surface area contributed by atoms with Gasteiger partial charge in [-0.05, 0) is 66.5 Å². The predicted octanol–water partition coefficient (Wildman–Crippen LogP) is 5.68. The molecule has 1 heterocycles. The van der Waals surface area contributed by atoms with Gasteiger partial charge in [0.25, 0.3) is 0 Å². The summed E-state index contributed by atoms with van der Waals surface area (Å²) in [6.45, 7) is 4.70. The summed E-state index contributed by atoms with van der Waals surface area (Å²) in [5, 5.41) is 12.3. The summed E-state index contributed by atoms with van der Waals surface area (Å²) in [4.78, 5) is 41.1. The summed E-state index contributed by atoms with van der Waals surface area (Å²) in [6, 6.07) is 18.4. The molecule has 0 saturated heterocycles. The molecule has 7 heteroatoms. The average Bonchev–Trinajstić information content (AvgIpc) is 3.40. The molecule has 3 aromatic rings. The van der Waals surface area contributed by atoms with Crippen molar-refractivity contribution in [3.05, 3.63) is 77.5 Å². The standard InChI is InChI=1S/C31H32N2O5/c1-30(2)15-5-6-22(17-30)19-9-11-20(12-10-19)24-8-4-7-23(32-24)18-31(27(34)28(31)35)33-25-14-13-21(29(36)37)16-26(25)38-3/h4,7-14,16,22,33H,5-6,15,17-18H2,1-3H3,(H,36,37). The van der Waals surface area contributed by atoms with Crippen LogP contribution in [0.3, 0.4) is 0 Å². The molecule has 7 nitrogen and oxygen atoms in total. The Kier molecular flexibility index (Phi) is 6.55. The van der Waals surface area contributed by atoms with E-state index in [-0.39, 0.29) is 17.7 Å². The van der Waals surface area contributed by atoms with Gasteiger partial charge in [0.05, 0.1) is 24.1 Å². The molecule has 2 saturated carbocycles. The number of hydrogen-bond acceptors (Lipinski definition) is 6. The number of rotatable bonds is 8. The minimum atomic E-state index is -1.44. The number of carboxylic acid groups (broad SMARTS) is 1. The van der Waals surface area contributed by atoms with Crippen molar-refractivity contribution < 1.29 is 24.2 Å². The third-order valence-corrected chi connectivity index (χ3v) is 7.85. The Balaban J connectivity index is 1.36. The number of ketones is 2. The largest absolute Gasteiger partial charge is 0.495 e. The molecular formula is C31H32N2O5. The van der Waals surface area contributed by atoms with Gasteiger partial charge in [0.15, 0.2) is 5.54 Å². The average molecular weight is 513 g/mol. The molecular weight excluding hydrogens is 480 g/mol. The summed E-state index contributed by atoms with van der Waals surface area (Å²) >= 11 is 0. The highest BCUT2D eigenvalue weighted by Gasteiger charge is 2.66. The van der Waals surface area contributed by atoms with Gasteiger partial charge in [-0.15, -0.1) is 0 Å². The minimum Gasteiger partial charge on any atom is -0.495 e. The van der Waals surface area contributed by atoms with E-state index in [2.05, 4.69) is 43.4 Å². The van der Waals surface area contributed by atoms with E-state index in [0.717, 1.165) is 11.3 Å². The minimum absolute atomic E-state index is 0.0440. The fraction of sp³-hybridized carbons (Fsp3) is 0.355. The topological polar surface area (TPSA) is 106 Å². The van der Waals surface area contributed by atoms with Crippen molar-refractivity contribution in [1.82, 2.24) is 4.98 Å². The molecule has 2 aliphatic rings. The highest BCUT2D eigenvalue weighted by molar-refractivity contribution is 6.68. The lowest BCUT2D eigenvalue weighted by Gasteiger charge is -2.35. The second-order valence-corrected chi connectivity index (χ2v) is 11.2. The molecule has 2 N–H and O–H groups in total. The smallest absolute Gasteiger partial charge is 0.335 e. The number of Topliss-reactive ketones (excluding diaryl/α,β-unsaturated/α-hetero) is 2. The van der Waals surface area contributed by atoms with Crippen LogP contribution in [0, 0.1) is 5.41 Å². The number of carbonyl (C=O) groups excluding carboxylic acids is 2. The predicted molar refractivity (Wildman–Crippen MR) is 145 cm³/mol. The Morgan fingerprint density at radius 3 is 2.45 bits per heavy atom. The van der Waals surface area contributed by atoms with Gasteiger partial charge in [-0.2, -0.15) is 0 Å². The highest BCUT2D eigenvalue weighted by Crippen LogP contribution is 2.43. The quantitative estimate of drug-likeness (QED) is 0.295. The Bertz CT molecular complexity index is 1400. The maximum absolute atomic E-state index is 12.5. The van der Waals surface area contributed by atoms with E-state index in [9.17, 15) is 19.5 Å². The van der Waals surface area contributed by atoms with Crippen LogP contribution in [0.4, 0.5) is 5.69 Å². The maximum Gasteiger partial charge on any atom is 0.335 e. The number of anilines is 1. The second kappa shape index (κ2) is 9.71. The first-order chi connectivity index (χ1) is 18.1. The van der Waals surface area contributed by atoms with Gasteiger partial charge >= 0.3 is 5.97 Å².